The first-order valence-electron chi connectivity index (χ1n) is 11.9. The second-order valence-corrected chi connectivity index (χ2v) is 11.4. The number of hydrogen-bond donors (Lipinski definition) is 2. The van der Waals surface area contributed by atoms with E-state index in [4.69, 9.17) is 0 Å². The summed E-state index contributed by atoms with van der Waals surface area (Å²) >= 11 is 0. The highest BCUT2D eigenvalue weighted by Crippen LogP contribution is 2.34. The van der Waals surface area contributed by atoms with Crippen LogP contribution in [-0.2, 0) is 17.1 Å². The Bertz CT molecular complexity index is 1920. The number of pyridine rings is 1. The first-order chi connectivity index (χ1) is 17.9. The second kappa shape index (κ2) is 8.98. The second-order valence-electron chi connectivity index (χ2n) is 9.62. The van der Waals surface area contributed by atoms with Crippen LogP contribution in [0.2, 0.25) is 0 Å². The fraction of sp³-hybridized carbons (Fsp3) is 0.269. The summed E-state index contributed by atoms with van der Waals surface area (Å²) in [5, 5.41) is 2.95. The van der Waals surface area contributed by atoms with Gasteiger partial charge >= 0.3 is 5.69 Å². The van der Waals surface area contributed by atoms with Crippen LogP contribution in [0, 0.1) is 19.7 Å². The molecule has 0 radical (unpaired) electrons. The number of aryl methyl sites for hydroxylation is 2. The molecule has 0 spiro atoms. The predicted molar refractivity (Wildman–Crippen MR) is 145 cm³/mol. The Morgan fingerprint density at radius 3 is 2.34 bits per heavy atom. The molecule has 5 rings (SSSR count). The lowest BCUT2D eigenvalue weighted by Gasteiger charge is -2.21. The quantitative estimate of drug-likeness (QED) is 0.388. The van der Waals surface area contributed by atoms with Crippen molar-refractivity contribution in [2.75, 3.05) is 16.3 Å². The monoisotopic (exact) mass is 539 g/mol. The first-order valence-corrected chi connectivity index (χ1v) is 13.8. The highest BCUT2D eigenvalue weighted by Gasteiger charge is 2.31. The molecule has 1 saturated carbocycles. The van der Waals surface area contributed by atoms with Gasteiger partial charge in [0, 0.05) is 18.7 Å². The van der Waals surface area contributed by atoms with E-state index < -0.39 is 32.6 Å². The fourth-order valence-corrected chi connectivity index (χ4v) is 5.18. The zero-order valence-corrected chi connectivity index (χ0v) is 22.0. The van der Waals surface area contributed by atoms with Crippen LogP contribution < -0.4 is 26.8 Å². The van der Waals surface area contributed by atoms with E-state index in [-0.39, 0.29) is 45.4 Å². The molecule has 0 saturated heterocycles. The van der Waals surface area contributed by atoms with Gasteiger partial charge in [-0.25, -0.2) is 17.6 Å². The number of sulfonamides is 1. The van der Waals surface area contributed by atoms with Gasteiger partial charge < -0.3 is 5.32 Å². The minimum absolute atomic E-state index is 0.0388. The molecule has 2 N–H and O–H groups in total. The van der Waals surface area contributed by atoms with Gasteiger partial charge in [0.25, 0.3) is 11.1 Å². The van der Waals surface area contributed by atoms with Crippen LogP contribution in [0.3, 0.4) is 0 Å². The number of fused-ring (bicyclic) bond motifs is 1. The minimum atomic E-state index is -3.61. The Labute approximate surface area is 217 Å². The summed E-state index contributed by atoms with van der Waals surface area (Å²) < 4.78 is 44.5. The van der Waals surface area contributed by atoms with E-state index >= 15 is 0 Å². The fourth-order valence-electron chi connectivity index (χ4n) is 4.63. The van der Waals surface area contributed by atoms with E-state index in [1.54, 1.807) is 25.1 Å². The maximum absolute atomic E-state index is 14.8. The van der Waals surface area contributed by atoms with E-state index in [0.29, 0.717) is 18.4 Å². The number of rotatable bonds is 6. The summed E-state index contributed by atoms with van der Waals surface area (Å²) in [5.41, 5.74) is -0.318. The lowest BCUT2D eigenvalue weighted by Crippen LogP contribution is -2.41. The molecule has 1 aliphatic rings. The number of anilines is 3. The van der Waals surface area contributed by atoms with Crippen molar-refractivity contribution in [1.82, 2.24) is 13.7 Å². The lowest BCUT2D eigenvalue weighted by atomic mass is 10.1. The van der Waals surface area contributed by atoms with Crippen molar-refractivity contribution in [3.63, 3.8) is 0 Å². The maximum Gasteiger partial charge on any atom is 0.336 e. The normalized spacial score (nSPS) is 13.6. The van der Waals surface area contributed by atoms with E-state index in [2.05, 4.69) is 10.0 Å². The van der Waals surface area contributed by atoms with Gasteiger partial charge in [0.2, 0.25) is 10.0 Å². The number of aromatic nitrogens is 3. The average molecular weight is 540 g/mol. The standard InChI is InChI=1S/C26H26FN5O5S/c1-14-8-11-20(19(27)12-14)28-23-21-22(15(2)24(33)30(23)3)31(26(35)32(25(21)34)17-9-10-17)18-7-5-6-16(13-18)29-38(4,36)37/h5-8,11-13,17,28-29H,9-10H2,1-4H3. The zero-order chi connectivity index (χ0) is 27.5. The summed E-state index contributed by atoms with van der Waals surface area (Å²) in [4.78, 5) is 41.0. The summed E-state index contributed by atoms with van der Waals surface area (Å²) in [6.07, 6.45) is 2.28. The van der Waals surface area contributed by atoms with Crippen LogP contribution in [0.5, 0.6) is 0 Å². The van der Waals surface area contributed by atoms with E-state index in [0.717, 1.165) is 10.8 Å². The minimum Gasteiger partial charge on any atom is -0.338 e. The van der Waals surface area contributed by atoms with Crippen molar-refractivity contribution in [3.8, 4) is 5.69 Å². The largest absolute Gasteiger partial charge is 0.338 e. The van der Waals surface area contributed by atoms with Crippen LogP contribution in [0.15, 0.2) is 56.8 Å². The maximum atomic E-state index is 14.8. The molecule has 2 heterocycles. The Kier molecular flexibility index (Phi) is 6.02. The molecule has 38 heavy (non-hydrogen) atoms. The van der Waals surface area contributed by atoms with Crippen LogP contribution in [0.4, 0.5) is 21.6 Å². The first kappa shape index (κ1) is 25.5. The molecule has 4 aromatic rings. The Hall–Kier alpha value is -4.19. The van der Waals surface area contributed by atoms with Gasteiger partial charge in [0.15, 0.2) is 0 Å². The molecule has 0 amide bonds. The highest BCUT2D eigenvalue weighted by atomic mass is 32.2. The van der Waals surface area contributed by atoms with Crippen LogP contribution in [-0.4, -0.2) is 28.4 Å². The molecule has 2 aromatic heterocycles. The van der Waals surface area contributed by atoms with Crippen molar-refractivity contribution in [3.05, 3.63) is 90.6 Å². The third-order valence-electron chi connectivity index (χ3n) is 6.54. The number of hydrogen-bond acceptors (Lipinski definition) is 6. The molecular weight excluding hydrogens is 513 g/mol. The summed E-state index contributed by atoms with van der Waals surface area (Å²) in [6, 6.07) is 10.3. The number of nitrogens with one attached hydrogen (secondary N) is 2. The van der Waals surface area contributed by atoms with Gasteiger partial charge in [-0.3, -0.25) is 28.0 Å². The lowest BCUT2D eigenvalue weighted by molar-refractivity contribution is 0.607. The van der Waals surface area contributed by atoms with Gasteiger partial charge in [-0.2, -0.15) is 0 Å². The molecule has 12 heteroatoms. The van der Waals surface area contributed by atoms with Crippen LogP contribution in [0.1, 0.15) is 30.0 Å². The van der Waals surface area contributed by atoms with Crippen LogP contribution in [0.25, 0.3) is 16.6 Å². The molecule has 0 bridgehead atoms. The third kappa shape index (κ3) is 4.40. The van der Waals surface area contributed by atoms with Crippen molar-refractivity contribution < 1.29 is 12.8 Å². The molecule has 198 valence electrons. The molecule has 0 atom stereocenters. The van der Waals surface area contributed by atoms with Crippen molar-refractivity contribution in [2.45, 2.75) is 32.7 Å². The molecular formula is C26H26FN5O5S. The summed E-state index contributed by atoms with van der Waals surface area (Å²) in [5.74, 6) is -0.529. The molecule has 1 aliphatic carbocycles. The highest BCUT2D eigenvalue weighted by molar-refractivity contribution is 7.92. The van der Waals surface area contributed by atoms with Crippen molar-refractivity contribution in [2.24, 2.45) is 7.05 Å². The molecule has 10 nitrogen and oxygen atoms in total. The van der Waals surface area contributed by atoms with E-state index in [1.807, 2.05) is 0 Å². The van der Waals surface area contributed by atoms with Crippen molar-refractivity contribution >= 4 is 38.1 Å². The Morgan fingerprint density at radius 2 is 1.71 bits per heavy atom. The third-order valence-corrected chi connectivity index (χ3v) is 7.15. The van der Waals surface area contributed by atoms with E-state index in [9.17, 15) is 27.2 Å². The topological polar surface area (TPSA) is 124 Å². The average Bonchev–Trinajstić information content (AvgIpc) is 3.66. The Balaban J connectivity index is 1.90. The number of halogens is 1. The van der Waals surface area contributed by atoms with Gasteiger partial charge in [-0.1, -0.05) is 12.1 Å². The summed E-state index contributed by atoms with van der Waals surface area (Å²) in [7, 11) is -2.14. The molecule has 0 aliphatic heterocycles. The summed E-state index contributed by atoms with van der Waals surface area (Å²) in [6.45, 7) is 3.25. The molecule has 1 fully saturated rings. The van der Waals surface area contributed by atoms with Gasteiger partial charge in [-0.05, 0) is 62.6 Å². The van der Waals surface area contributed by atoms with Gasteiger partial charge in [0.05, 0.1) is 28.8 Å². The smallest absolute Gasteiger partial charge is 0.336 e. The Morgan fingerprint density at radius 1 is 1.00 bits per heavy atom. The van der Waals surface area contributed by atoms with Crippen LogP contribution >= 0.6 is 0 Å². The SMILES string of the molecule is Cc1ccc(Nc2c3c(=O)n(C4CC4)c(=O)n(-c4cccc(NS(C)(=O)=O)c4)c3c(C)c(=O)n2C)c(F)c1. The molecule has 2 aromatic carbocycles. The van der Waals surface area contributed by atoms with E-state index in [1.165, 1.54) is 47.4 Å². The zero-order valence-electron chi connectivity index (χ0n) is 21.2. The number of nitrogens with zero attached hydrogens (tertiary/aromatic N) is 3. The van der Waals surface area contributed by atoms with Gasteiger partial charge in [-0.15, -0.1) is 0 Å². The molecule has 0 unspecified atom stereocenters. The van der Waals surface area contributed by atoms with Crippen molar-refractivity contribution in [1.29, 1.82) is 0 Å². The van der Waals surface area contributed by atoms with Gasteiger partial charge in [0.1, 0.15) is 17.0 Å². The number of benzene rings is 2. The predicted octanol–water partition coefficient (Wildman–Crippen LogP) is 3.06.